The molecule has 0 aromatic heterocycles. The molecule has 0 aliphatic heterocycles. The van der Waals surface area contributed by atoms with Gasteiger partial charge in [-0.25, -0.2) is 4.79 Å². The summed E-state index contributed by atoms with van der Waals surface area (Å²) < 4.78 is 4.93. The molecule has 0 aliphatic rings. The minimum Gasteiger partial charge on any atom is -0.480 e. The third-order valence-corrected chi connectivity index (χ3v) is 3.14. The van der Waals surface area contributed by atoms with E-state index in [-0.39, 0.29) is 6.54 Å². The van der Waals surface area contributed by atoms with E-state index in [9.17, 15) is 19.2 Å². The highest BCUT2D eigenvalue weighted by atomic mass is 16.6. The minimum absolute atomic E-state index is 0.0200. The molecule has 0 unspecified atom stereocenters. The van der Waals surface area contributed by atoms with Crippen LogP contribution in [0.2, 0.25) is 0 Å². The van der Waals surface area contributed by atoms with E-state index in [2.05, 4.69) is 0 Å². The average Bonchev–Trinajstić information content (AvgIpc) is 2.53. The maximum absolute atomic E-state index is 12.5. The molecule has 26 heavy (non-hydrogen) atoms. The first-order valence-electron chi connectivity index (χ1n) is 7.90. The molecule has 0 heterocycles. The van der Waals surface area contributed by atoms with Crippen LogP contribution in [0.1, 0.15) is 19.4 Å². The Morgan fingerprint density at radius 2 is 1.46 bits per heavy atom. The number of carboxylic acid groups (broad SMARTS) is 2. The van der Waals surface area contributed by atoms with Crippen LogP contribution in [0, 0.1) is 0 Å². The maximum Gasteiger partial charge on any atom is 0.411 e. The van der Waals surface area contributed by atoms with E-state index in [1.807, 2.05) is 0 Å². The van der Waals surface area contributed by atoms with Crippen molar-refractivity contribution in [1.29, 1.82) is 0 Å². The second-order valence-electron chi connectivity index (χ2n) is 5.81. The topological polar surface area (TPSA) is 124 Å². The lowest BCUT2D eigenvalue weighted by Crippen LogP contribution is -2.46. The normalized spacial score (nSPS) is 10.3. The summed E-state index contributed by atoms with van der Waals surface area (Å²) in [5.74, 6) is -3.23. The van der Waals surface area contributed by atoms with Gasteiger partial charge in [0, 0.05) is 6.54 Å². The van der Waals surface area contributed by atoms with Crippen molar-refractivity contribution >= 4 is 23.9 Å². The van der Waals surface area contributed by atoms with Gasteiger partial charge >= 0.3 is 18.0 Å². The van der Waals surface area contributed by atoms with Crippen LogP contribution in [-0.4, -0.2) is 69.7 Å². The van der Waals surface area contributed by atoms with Crippen molar-refractivity contribution in [3.8, 4) is 0 Å². The Balaban J connectivity index is 2.90. The second-order valence-corrected chi connectivity index (χ2v) is 5.81. The Bertz CT molecular complexity index is 646. The average molecular weight is 366 g/mol. The van der Waals surface area contributed by atoms with Gasteiger partial charge in [-0.1, -0.05) is 30.3 Å². The predicted octanol–water partition coefficient (Wildman–Crippen LogP) is 1.03. The van der Waals surface area contributed by atoms with Gasteiger partial charge in [-0.15, -0.1) is 0 Å². The van der Waals surface area contributed by atoms with E-state index < -0.39 is 49.7 Å². The molecule has 0 saturated heterocycles. The summed E-state index contributed by atoms with van der Waals surface area (Å²) in [7, 11) is 0. The van der Waals surface area contributed by atoms with Gasteiger partial charge in [-0.05, 0) is 19.4 Å². The number of carbonyl (C=O) groups excluding carboxylic acids is 2. The van der Waals surface area contributed by atoms with E-state index in [0.29, 0.717) is 5.56 Å². The Hall–Kier alpha value is -3.10. The van der Waals surface area contributed by atoms with Crippen molar-refractivity contribution in [3.63, 3.8) is 0 Å². The number of benzene rings is 1. The molecule has 1 aromatic rings. The maximum atomic E-state index is 12.5. The molecule has 1 rings (SSSR count). The Kier molecular flexibility index (Phi) is 8.07. The van der Waals surface area contributed by atoms with Crippen LogP contribution in [-0.2, 0) is 25.7 Å². The first-order valence-corrected chi connectivity index (χ1v) is 7.90. The molecular weight excluding hydrogens is 344 g/mol. The predicted molar refractivity (Wildman–Crippen MR) is 90.3 cm³/mol. The highest BCUT2D eigenvalue weighted by Crippen LogP contribution is 2.07. The second kappa shape index (κ2) is 10.0. The van der Waals surface area contributed by atoms with Crippen LogP contribution in [0.3, 0.4) is 0 Å². The Morgan fingerprint density at radius 1 is 0.923 bits per heavy atom. The third kappa shape index (κ3) is 7.65. The fourth-order valence-corrected chi connectivity index (χ4v) is 2.09. The van der Waals surface area contributed by atoms with E-state index >= 15 is 0 Å². The molecule has 0 spiro atoms. The van der Waals surface area contributed by atoms with Crippen molar-refractivity contribution in [1.82, 2.24) is 9.80 Å². The van der Waals surface area contributed by atoms with Crippen molar-refractivity contribution in [2.45, 2.75) is 26.5 Å². The van der Waals surface area contributed by atoms with Gasteiger partial charge in [0.25, 0.3) is 0 Å². The number of ether oxygens (including phenoxy) is 1. The smallest absolute Gasteiger partial charge is 0.411 e. The summed E-state index contributed by atoms with van der Waals surface area (Å²) >= 11 is 0. The van der Waals surface area contributed by atoms with Crippen molar-refractivity contribution in [3.05, 3.63) is 35.9 Å². The van der Waals surface area contributed by atoms with Crippen molar-refractivity contribution < 1.29 is 34.1 Å². The summed E-state index contributed by atoms with van der Waals surface area (Å²) in [6, 6.07) is 8.72. The van der Waals surface area contributed by atoms with E-state index in [1.54, 1.807) is 44.2 Å². The lowest BCUT2D eigenvalue weighted by Gasteiger charge is -2.26. The molecular formula is C17H22N2O7. The Labute approximate surface area is 150 Å². The number of aliphatic carboxylic acids is 2. The summed E-state index contributed by atoms with van der Waals surface area (Å²) in [4.78, 5) is 48.2. The summed E-state index contributed by atoms with van der Waals surface area (Å²) in [6.07, 6.45) is -1.45. The highest BCUT2D eigenvalue weighted by molar-refractivity contribution is 5.86. The van der Waals surface area contributed by atoms with Gasteiger partial charge in [0.1, 0.15) is 19.6 Å². The molecule has 0 aliphatic carbocycles. The number of hydrogen-bond donors (Lipinski definition) is 2. The number of amides is 2. The van der Waals surface area contributed by atoms with Gasteiger partial charge in [-0.3, -0.25) is 19.3 Å². The third-order valence-electron chi connectivity index (χ3n) is 3.14. The zero-order valence-corrected chi connectivity index (χ0v) is 14.6. The number of rotatable bonds is 9. The van der Waals surface area contributed by atoms with E-state index in [4.69, 9.17) is 14.9 Å². The van der Waals surface area contributed by atoms with Crippen molar-refractivity contribution in [2.75, 3.05) is 19.6 Å². The van der Waals surface area contributed by atoms with E-state index in [1.165, 1.54) is 0 Å². The monoisotopic (exact) mass is 366 g/mol. The number of hydrogen-bond acceptors (Lipinski definition) is 5. The molecule has 9 nitrogen and oxygen atoms in total. The summed E-state index contributed by atoms with van der Waals surface area (Å²) in [5, 5.41) is 18.0. The fraction of sp³-hybridized carbons (Fsp3) is 0.412. The van der Waals surface area contributed by atoms with E-state index in [0.717, 1.165) is 9.80 Å². The molecule has 0 atom stereocenters. The fourth-order valence-electron chi connectivity index (χ4n) is 2.09. The van der Waals surface area contributed by atoms with Gasteiger partial charge in [0.05, 0.1) is 6.10 Å². The molecule has 142 valence electrons. The van der Waals surface area contributed by atoms with Crippen molar-refractivity contribution in [2.24, 2.45) is 0 Å². The molecule has 9 heteroatoms. The minimum atomic E-state index is -1.31. The molecule has 0 bridgehead atoms. The van der Waals surface area contributed by atoms with Crippen LogP contribution in [0.15, 0.2) is 30.3 Å². The number of nitrogens with zero attached hydrogens (tertiary/aromatic N) is 2. The quantitative estimate of drug-likeness (QED) is 0.669. The molecule has 0 fully saturated rings. The largest absolute Gasteiger partial charge is 0.480 e. The zero-order chi connectivity index (χ0) is 19.7. The van der Waals surface area contributed by atoms with Crippen LogP contribution in [0.25, 0.3) is 0 Å². The SMILES string of the molecule is CC(C)OC(=O)N(CC(=O)O)CC(=O)N(CC(=O)O)Cc1ccccc1. The van der Waals surface area contributed by atoms with Crippen LogP contribution >= 0.6 is 0 Å². The highest BCUT2D eigenvalue weighted by Gasteiger charge is 2.26. The molecule has 2 amide bonds. The van der Waals surface area contributed by atoms with Gasteiger partial charge < -0.3 is 19.8 Å². The van der Waals surface area contributed by atoms with Crippen LogP contribution < -0.4 is 0 Å². The van der Waals surface area contributed by atoms with Gasteiger partial charge in [-0.2, -0.15) is 0 Å². The first-order chi connectivity index (χ1) is 12.2. The summed E-state index contributed by atoms with van der Waals surface area (Å²) in [5.41, 5.74) is 0.705. The molecule has 0 radical (unpaired) electrons. The number of carboxylic acids is 2. The zero-order valence-electron chi connectivity index (χ0n) is 14.6. The summed E-state index contributed by atoms with van der Waals surface area (Å²) in [6.45, 7) is 1.29. The van der Waals surface area contributed by atoms with Gasteiger partial charge in [0.15, 0.2) is 0 Å². The number of carbonyl (C=O) groups is 4. The van der Waals surface area contributed by atoms with Crippen LogP contribution in [0.5, 0.6) is 0 Å². The van der Waals surface area contributed by atoms with Crippen LogP contribution in [0.4, 0.5) is 4.79 Å². The molecule has 1 aromatic carbocycles. The Morgan fingerprint density at radius 3 is 1.96 bits per heavy atom. The standard InChI is InChI=1S/C17H22N2O7/c1-12(2)26-17(25)19(11-16(23)24)9-14(20)18(10-15(21)22)8-13-6-4-3-5-7-13/h3-7,12H,8-11H2,1-2H3,(H,21,22)(H,23,24). The first kappa shape index (κ1) is 20.9. The lowest BCUT2D eigenvalue weighted by atomic mass is 10.2. The molecule has 0 saturated carbocycles. The van der Waals surface area contributed by atoms with Gasteiger partial charge in [0.2, 0.25) is 5.91 Å². The molecule has 2 N–H and O–H groups in total. The lowest BCUT2D eigenvalue weighted by molar-refractivity contribution is -0.146.